The second-order valence-electron chi connectivity index (χ2n) is 6.85. The van der Waals surface area contributed by atoms with E-state index in [1.54, 1.807) is 24.5 Å². The highest BCUT2D eigenvalue weighted by molar-refractivity contribution is 6.06. The molecule has 4 rings (SSSR count). The predicted molar refractivity (Wildman–Crippen MR) is 96.7 cm³/mol. The van der Waals surface area contributed by atoms with Crippen molar-refractivity contribution in [3.05, 3.63) is 60.4 Å². The van der Waals surface area contributed by atoms with Gasteiger partial charge in [-0.25, -0.2) is 0 Å². The maximum absolute atomic E-state index is 13.2. The van der Waals surface area contributed by atoms with Crippen molar-refractivity contribution in [1.82, 2.24) is 10.3 Å². The third-order valence-electron chi connectivity index (χ3n) is 5.25. The number of aromatic nitrogens is 1. The number of piperidine rings is 1. The molecule has 1 amide bonds. The normalized spacial score (nSPS) is 22.0. The highest BCUT2D eigenvalue weighted by Gasteiger charge is 2.44. The Morgan fingerprint density at radius 2 is 1.84 bits per heavy atom. The number of hydrogen-bond donors (Lipinski definition) is 1. The SMILES string of the molecule is O=C(c1ccncc1)N(c1ccccc1)[C@H]1COC2(CCNCC2)C1. The van der Waals surface area contributed by atoms with Crippen LogP contribution in [0.25, 0.3) is 0 Å². The van der Waals surface area contributed by atoms with E-state index in [0.717, 1.165) is 38.0 Å². The van der Waals surface area contributed by atoms with Gasteiger partial charge in [-0.1, -0.05) is 18.2 Å². The molecule has 2 aliphatic heterocycles. The molecule has 3 heterocycles. The van der Waals surface area contributed by atoms with Crippen LogP contribution in [0.5, 0.6) is 0 Å². The van der Waals surface area contributed by atoms with Crippen LogP contribution < -0.4 is 10.2 Å². The lowest BCUT2D eigenvalue weighted by atomic mass is 9.87. The first-order valence-electron chi connectivity index (χ1n) is 8.91. The highest BCUT2D eigenvalue weighted by Crippen LogP contribution is 2.37. The summed E-state index contributed by atoms with van der Waals surface area (Å²) < 4.78 is 6.24. The van der Waals surface area contributed by atoms with Crippen LogP contribution >= 0.6 is 0 Å². The molecule has 1 spiro atoms. The molecule has 25 heavy (non-hydrogen) atoms. The van der Waals surface area contributed by atoms with Gasteiger partial charge >= 0.3 is 0 Å². The fraction of sp³-hybridized carbons (Fsp3) is 0.400. The molecule has 0 unspecified atom stereocenters. The summed E-state index contributed by atoms with van der Waals surface area (Å²) in [6.45, 7) is 2.55. The number of rotatable bonds is 3. The highest BCUT2D eigenvalue weighted by atomic mass is 16.5. The van der Waals surface area contributed by atoms with Crippen LogP contribution in [0.3, 0.4) is 0 Å². The Kier molecular flexibility index (Phi) is 4.51. The standard InChI is InChI=1S/C20H23N3O2/c24-19(16-6-10-21-11-7-16)23(17-4-2-1-3-5-17)18-14-20(25-15-18)8-12-22-13-9-20/h1-7,10-11,18,22H,8-9,12-15H2/t18-/m1/s1. The summed E-state index contributed by atoms with van der Waals surface area (Å²) in [5, 5.41) is 3.39. The smallest absolute Gasteiger partial charge is 0.258 e. The number of ether oxygens (including phenoxy) is 1. The van der Waals surface area contributed by atoms with Gasteiger partial charge in [0, 0.05) is 23.6 Å². The molecule has 1 N–H and O–H groups in total. The van der Waals surface area contributed by atoms with Gasteiger partial charge in [-0.3, -0.25) is 9.78 Å². The second-order valence-corrected chi connectivity index (χ2v) is 6.85. The van der Waals surface area contributed by atoms with Crippen LogP contribution in [0.4, 0.5) is 5.69 Å². The van der Waals surface area contributed by atoms with E-state index in [1.807, 2.05) is 35.2 Å². The van der Waals surface area contributed by atoms with Gasteiger partial charge in [0.15, 0.2) is 0 Å². The topological polar surface area (TPSA) is 54.5 Å². The number of anilines is 1. The molecule has 2 aliphatic rings. The molecule has 0 saturated carbocycles. The number of hydrogen-bond acceptors (Lipinski definition) is 4. The molecule has 5 heteroatoms. The molecular formula is C20H23N3O2. The van der Waals surface area contributed by atoms with Crippen molar-refractivity contribution in [3.8, 4) is 0 Å². The minimum Gasteiger partial charge on any atom is -0.373 e. The van der Waals surface area contributed by atoms with Crippen molar-refractivity contribution >= 4 is 11.6 Å². The van der Waals surface area contributed by atoms with Gasteiger partial charge in [-0.05, 0) is 56.6 Å². The average Bonchev–Trinajstić information content (AvgIpc) is 3.07. The monoisotopic (exact) mass is 337 g/mol. The lowest BCUT2D eigenvalue weighted by Gasteiger charge is -2.34. The van der Waals surface area contributed by atoms with Crippen molar-refractivity contribution in [3.63, 3.8) is 0 Å². The molecule has 130 valence electrons. The number of para-hydroxylation sites is 1. The van der Waals surface area contributed by atoms with Crippen LogP contribution in [-0.4, -0.2) is 42.2 Å². The zero-order valence-electron chi connectivity index (χ0n) is 14.2. The molecule has 1 aromatic carbocycles. The first kappa shape index (κ1) is 16.2. The Balaban J connectivity index is 1.63. The van der Waals surface area contributed by atoms with E-state index in [1.165, 1.54) is 0 Å². The number of carbonyl (C=O) groups is 1. The third-order valence-corrected chi connectivity index (χ3v) is 5.25. The molecule has 2 saturated heterocycles. The number of pyridine rings is 1. The summed E-state index contributed by atoms with van der Waals surface area (Å²) in [6.07, 6.45) is 6.23. The Bertz CT molecular complexity index is 714. The quantitative estimate of drug-likeness (QED) is 0.935. The molecule has 1 aromatic heterocycles. The molecule has 1 atom stereocenters. The largest absolute Gasteiger partial charge is 0.373 e. The zero-order valence-corrected chi connectivity index (χ0v) is 14.2. The van der Waals surface area contributed by atoms with Gasteiger partial charge in [0.1, 0.15) is 0 Å². The van der Waals surface area contributed by atoms with Crippen molar-refractivity contribution < 1.29 is 9.53 Å². The Labute approximate surface area is 148 Å². The first-order valence-corrected chi connectivity index (χ1v) is 8.91. The summed E-state index contributed by atoms with van der Waals surface area (Å²) in [4.78, 5) is 19.2. The average molecular weight is 337 g/mol. The van der Waals surface area contributed by atoms with E-state index < -0.39 is 0 Å². The fourth-order valence-corrected chi connectivity index (χ4v) is 3.93. The van der Waals surface area contributed by atoms with Crippen molar-refractivity contribution in [2.24, 2.45) is 0 Å². The molecule has 2 fully saturated rings. The minimum absolute atomic E-state index is 0.00758. The molecule has 2 aromatic rings. The number of carbonyl (C=O) groups excluding carboxylic acids is 1. The third kappa shape index (κ3) is 3.30. The summed E-state index contributed by atoms with van der Waals surface area (Å²) in [6, 6.07) is 13.5. The zero-order chi connectivity index (χ0) is 17.1. The van der Waals surface area contributed by atoms with E-state index in [2.05, 4.69) is 10.3 Å². The van der Waals surface area contributed by atoms with E-state index in [0.29, 0.717) is 12.2 Å². The molecule has 0 aliphatic carbocycles. The maximum Gasteiger partial charge on any atom is 0.258 e. The fourth-order valence-electron chi connectivity index (χ4n) is 3.93. The summed E-state index contributed by atoms with van der Waals surface area (Å²) in [5.74, 6) is 0.00758. The van der Waals surface area contributed by atoms with E-state index in [-0.39, 0.29) is 17.6 Å². The predicted octanol–water partition coefficient (Wildman–Crippen LogP) is 2.64. The van der Waals surface area contributed by atoms with E-state index >= 15 is 0 Å². The van der Waals surface area contributed by atoms with Gasteiger partial charge in [0.2, 0.25) is 0 Å². The van der Waals surface area contributed by atoms with E-state index in [9.17, 15) is 4.79 Å². The second kappa shape index (κ2) is 6.94. The van der Waals surface area contributed by atoms with Crippen LogP contribution in [0.2, 0.25) is 0 Å². The van der Waals surface area contributed by atoms with Gasteiger partial charge in [0.25, 0.3) is 5.91 Å². The summed E-state index contributed by atoms with van der Waals surface area (Å²) in [5.41, 5.74) is 1.50. The Morgan fingerprint density at radius 3 is 2.56 bits per heavy atom. The Morgan fingerprint density at radius 1 is 1.12 bits per heavy atom. The molecule has 5 nitrogen and oxygen atoms in total. The lowest BCUT2D eigenvalue weighted by molar-refractivity contribution is -0.0193. The number of nitrogens with one attached hydrogen (secondary N) is 1. The first-order chi connectivity index (χ1) is 12.3. The van der Waals surface area contributed by atoms with Gasteiger partial charge in [-0.15, -0.1) is 0 Å². The van der Waals surface area contributed by atoms with Crippen LogP contribution in [-0.2, 0) is 4.74 Å². The van der Waals surface area contributed by atoms with Crippen molar-refractivity contribution in [2.75, 3.05) is 24.6 Å². The summed E-state index contributed by atoms with van der Waals surface area (Å²) in [7, 11) is 0. The van der Waals surface area contributed by atoms with Gasteiger partial charge in [-0.2, -0.15) is 0 Å². The summed E-state index contributed by atoms with van der Waals surface area (Å²) >= 11 is 0. The minimum atomic E-state index is -0.0819. The Hall–Kier alpha value is -2.24. The number of amides is 1. The number of nitrogens with zero attached hydrogens (tertiary/aromatic N) is 2. The van der Waals surface area contributed by atoms with Crippen LogP contribution in [0.15, 0.2) is 54.9 Å². The van der Waals surface area contributed by atoms with Crippen LogP contribution in [0.1, 0.15) is 29.6 Å². The lowest BCUT2D eigenvalue weighted by Crippen LogP contribution is -2.44. The number of benzene rings is 1. The van der Waals surface area contributed by atoms with Gasteiger partial charge < -0.3 is 15.0 Å². The van der Waals surface area contributed by atoms with Crippen molar-refractivity contribution in [2.45, 2.75) is 30.9 Å². The molecule has 0 radical (unpaired) electrons. The maximum atomic E-state index is 13.2. The van der Waals surface area contributed by atoms with E-state index in [4.69, 9.17) is 4.74 Å². The molecular weight excluding hydrogens is 314 g/mol. The van der Waals surface area contributed by atoms with Gasteiger partial charge in [0.05, 0.1) is 18.2 Å². The van der Waals surface area contributed by atoms with Crippen molar-refractivity contribution in [1.29, 1.82) is 0 Å². The molecule has 0 bridgehead atoms. The van der Waals surface area contributed by atoms with Crippen LogP contribution in [0, 0.1) is 0 Å².